The summed E-state index contributed by atoms with van der Waals surface area (Å²) in [4.78, 5) is 8.51. The largest absolute Gasteiger partial charge is 0.491 e. The third-order valence-corrected chi connectivity index (χ3v) is 4.54. The zero-order chi connectivity index (χ0) is 20.2. The molecule has 0 radical (unpaired) electrons. The van der Waals surface area contributed by atoms with E-state index in [9.17, 15) is 4.39 Å². The van der Waals surface area contributed by atoms with Crippen molar-refractivity contribution in [2.24, 2.45) is 0 Å². The number of halogens is 2. The van der Waals surface area contributed by atoms with Crippen molar-refractivity contribution in [3.05, 3.63) is 59.1 Å². The van der Waals surface area contributed by atoms with Gasteiger partial charge in [-0.15, -0.1) is 0 Å². The van der Waals surface area contributed by atoms with E-state index >= 15 is 0 Å². The third-order valence-electron chi connectivity index (χ3n) is 4.25. The van der Waals surface area contributed by atoms with E-state index in [1.165, 1.54) is 18.5 Å². The molecule has 150 valence electrons. The Balaban J connectivity index is 1.59. The van der Waals surface area contributed by atoms with Crippen LogP contribution in [0.15, 0.2) is 42.7 Å². The molecule has 0 saturated heterocycles. The molecule has 4 rings (SSSR count). The number of nitrogens with one attached hydrogen (secondary N) is 2. The molecule has 0 fully saturated rings. The van der Waals surface area contributed by atoms with Crippen LogP contribution in [0.2, 0.25) is 5.02 Å². The van der Waals surface area contributed by atoms with Gasteiger partial charge in [-0.2, -0.15) is 4.98 Å². The molecule has 0 unspecified atom stereocenters. The lowest BCUT2D eigenvalue weighted by Gasteiger charge is -2.13. The fourth-order valence-electron chi connectivity index (χ4n) is 2.81. The van der Waals surface area contributed by atoms with Crippen LogP contribution in [0.1, 0.15) is 5.56 Å². The molecule has 9 heteroatoms. The zero-order valence-electron chi connectivity index (χ0n) is 15.5. The van der Waals surface area contributed by atoms with Gasteiger partial charge in [-0.1, -0.05) is 11.6 Å². The summed E-state index contributed by atoms with van der Waals surface area (Å²) in [6, 6.07) is 9.97. The van der Waals surface area contributed by atoms with Gasteiger partial charge in [0.2, 0.25) is 5.88 Å². The summed E-state index contributed by atoms with van der Waals surface area (Å²) < 4.78 is 30.1. The molecule has 1 aliphatic rings. The monoisotopic (exact) mass is 416 g/mol. The minimum absolute atomic E-state index is 0.0211. The van der Waals surface area contributed by atoms with Crippen molar-refractivity contribution in [1.82, 2.24) is 9.97 Å². The van der Waals surface area contributed by atoms with Crippen LogP contribution in [0.3, 0.4) is 0 Å². The Kier molecular flexibility index (Phi) is 5.64. The van der Waals surface area contributed by atoms with Gasteiger partial charge in [-0.25, -0.2) is 9.37 Å². The van der Waals surface area contributed by atoms with Crippen molar-refractivity contribution in [1.29, 1.82) is 0 Å². The standard InChI is InChI=1S/C20H18ClFN4O3/c1-27-6-7-28-14-4-2-12-10-23-18-19(24-11-25-20(18)29-17(12)9-14)26-13-3-5-16(22)15(21)8-13/h2-5,8-9,11,23H,6-7,10H2,1H3,(H,24,25,26). The molecule has 7 nitrogen and oxygen atoms in total. The first-order valence-corrected chi connectivity index (χ1v) is 9.25. The van der Waals surface area contributed by atoms with Crippen molar-refractivity contribution >= 4 is 28.8 Å². The fourth-order valence-corrected chi connectivity index (χ4v) is 2.99. The molecule has 1 aliphatic heterocycles. The average Bonchev–Trinajstić information content (AvgIpc) is 2.90. The highest BCUT2D eigenvalue weighted by Gasteiger charge is 2.20. The van der Waals surface area contributed by atoms with Crippen LogP contribution in [0, 0.1) is 5.82 Å². The van der Waals surface area contributed by atoms with Gasteiger partial charge in [0.05, 0.1) is 11.6 Å². The van der Waals surface area contributed by atoms with Gasteiger partial charge in [0.1, 0.15) is 35.9 Å². The Morgan fingerprint density at radius 3 is 2.93 bits per heavy atom. The van der Waals surface area contributed by atoms with Crippen LogP contribution in [0.4, 0.5) is 21.6 Å². The number of hydrogen-bond donors (Lipinski definition) is 2. The summed E-state index contributed by atoms with van der Waals surface area (Å²) in [5.74, 6) is 1.68. The number of methoxy groups -OCH3 is 1. The van der Waals surface area contributed by atoms with E-state index in [4.69, 9.17) is 25.8 Å². The van der Waals surface area contributed by atoms with Crippen LogP contribution >= 0.6 is 11.6 Å². The van der Waals surface area contributed by atoms with E-state index in [0.29, 0.717) is 54.3 Å². The van der Waals surface area contributed by atoms with E-state index in [-0.39, 0.29) is 5.02 Å². The second-order valence-electron chi connectivity index (χ2n) is 6.22. The van der Waals surface area contributed by atoms with Crippen molar-refractivity contribution in [2.45, 2.75) is 6.54 Å². The molecule has 0 saturated carbocycles. The highest BCUT2D eigenvalue weighted by molar-refractivity contribution is 6.31. The highest BCUT2D eigenvalue weighted by atomic mass is 35.5. The first-order chi connectivity index (χ1) is 14.1. The van der Waals surface area contributed by atoms with Crippen LogP contribution in [-0.2, 0) is 11.3 Å². The SMILES string of the molecule is COCCOc1ccc2c(c1)Oc1ncnc(Nc3ccc(F)c(Cl)c3)c1NC2. The zero-order valence-corrected chi connectivity index (χ0v) is 16.3. The molecular weight excluding hydrogens is 399 g/mol. The van der Waals surface area contributed by atoms with E-state index in [1.54, 1.807) is 13.2 Å². The molecule has 2 aromatic carbocycles. The molecule has 1 aromatic heterocycles. The molecule has 0 spiro atoms. The van der Waals surface area contributed by atoms with Crippen LogP contribution in [0.5, 0.6) is 17.4 Å². The fraction of sp³-hybridized carbons (Fsp3) is 0.200. The van der Waals surface area contributed by atoms with Crippen LogP contribution in [-0.4, -0.2) is 30.3 Å². The van der Waals surface area contributed by atoms with E-state index < -0.39 is 5.82 Å². The molecular formula is C20H18ClFN4O3. The summed E-state index contributed by atoms with van der Waals surface area (Å²) in [5, 5.41) is 6.43. The van der Waals surface area contributed by atoms with E-state index in [0.717, 1.165) is 5.56 Å². The van der Waals surface area contributed by atoms with E-state index in [2.05, 4.69) is 20.6 Å². The summed E-state index contributed by atoms with van der Waals surface area (Å²) in [7, 11) is 1.62. The molecule has 0 amide bonds. The predicted molar refractivity (Wildman–Crippen MR) is 108 cm³/mol. The summed E-state index contributed by atoms with van der Waals surface area (Å²) in [5.41, 5.74) is 2.12. The Hall–Kier alpha value is -3.10. The minimum atomic E-state index is -0.487. The van der Waals surface area contributed by atoms with Gasteiger partial charge in [0.15, 0.2) is 5.82 Å². The Morgan fingerprint density at radius 1 is 1.21 bits per heavy atom. The Morgan fingerprint density at radius 2 is 2.10 bits per heavy atom. The third kappa shape index (κ3) is 4.33. The lowest BCUT2D eigenvalue weighted by Crippen LogP contribution is -2.05. The quantitative estimate of drug-likeness (QED) is 0.561. The number of hydrogen-bond acceptors (Lipinski definition) is 7. The van der Waals surface area contributed by atoms with Crippen LogP contribution < -0.4 is 20.1 Å². The molecule has 3 aromatic rings. The molecule has 2 heterocycles. The van der Waals surface area contributed by atoms with Gasteiger partial charge in [-0.3, -0.25) is 0 Å². The summed E-state index contributed by atoms with van der Waals surface area (Å²) in [6.07, 6.45) is 1.39. The van der Waals surface area contributed by atoms with Gasteiger partial charge < -0.3 is 24.8 Å². The lowest BCUT2D eigenvalue weighted by atomic mass is 10.2. The van der Waals surface area contributed by atoms with Crippen molar-refractivity contribution < 1.29 is 18.6 Å². The van der Waals surface area contributed by atoms with Crippen molar-refractivity contribution in [2.75, 3.05) is 31.0 Å². The predicted octanol–water partition coefficient (Wildman–Crippen LogP) is 4.76. The van der Waals surface area contributed by atoms with Gasteiger partial charge in [-0.05, 0) is 30.3 Å². The maximum absolute atomic E-state index is 13.4. The van der Waals surface area contributed by atoms with Crippen molar-refractivity contribution in [3.63, 3.8) is 0 Å². The molecule has 0 atom stereocenters. The molecule has 29 heavy (non-hydrogen) atoms. The molecule has 0 aliphatic carbocycles. The second kappa shape index (κ2) is 8.50. The van der Waals surface area contributed by atoms with Crippen molar-refractivity contribution in [3.8, 4) is 17.4 Å². The maximum atomic E-state index is 13.4. The topological polar surface area (TPSA) is 77.5 Å². The highest BCUT2D eigenvalue weighted by Crippen LogP contribution is 2.39. The minimum Gasteiger partial charge on any atom is -0.491 e. The van der Waals surface area contributed by atoms with Gasteiger partial charge in [0, 0.05) is 31.0 Å². The Bertz CT molecular complexity index is 1030. The number of nitrogens with zero attached hydrogens (tertiary/aromatic N) is 2. The number of benzene rings is 2. The maximum Gasteiger partial charge on any atom is 0.248 e. The lowest BCUT2D eigenvalue weighted by molar-refractivity contribution is 0.146. The smallest absolute Gasteiger partial charge is 0.248 e. The van der Waals surface area contributed by atoms with Crippen LogP contribution in [0.25, 0.3) is 0 Å². The number of anilines is 3. The molecule has 0 bridgehead atoms. The number of aromatic nitrogens is 2. The first-order valence-electron chi connectivity index (χ1n) is 8.87. The van der Waals surface area contributed by atoms with Gasteiger partial charge in [0.25, 0.3) is 0 Å². The summed E-state index contributed by atoms with van der Waals surface area (Å²) >= 11 is 5.86. The number of rotatable bonds is 6. The number of fused-ring (bicyclic) bond motifs is 2. The second-order valence-corrected chi connectivity index (χ2v) is 6.63. The number of ether oxygens (including phenoxy) is 3. The van der Waals surface area contributed by atoms with E-state index in [1.807, 2.05) is 18.2 Å². The van der Waals surface area contributed by atoms with Gasteiger partial charge >= 0.3 is 0 Å². The average molecular weight is 417 g/mol. The Labute approximate surface area is 171 Å². The summed E-state index contributed by atoms with van der Waals surface area (Å²) in [6.45, 7) is 1.45. The molecule has 2 N–H and O–H groups in total. The first kappa shape index (κ1) is 19.2. The normalized spacial score (nSPS) is 12.1.